The molecule has 0 aliphatic rings. The number of para-hydroxylation sites is 1. The molecular formula is C16H14FN3O. The van der Waals surface area contributed by atoms with Crippen LogP contribution in [0.5, 0.6) is 0 Å². The van der Waals surface area contributed by atoms with Crippen LogP contribution in [-0.4, -0.2) is 9.55 Å². The van der Waals surface area contributed by atoms with Crippen molar-refractivity contribution in [2.24, 2.45) is 5.73 Å². The van der Waals surface area contributed by atoms with Crippen LogP contribution in [0.2, 0.25) is 0 Å². The Bertz CT molecular complexity index is 858. The lowest BCUT2D eigenvalue weighted by Gasteiger charge is -2.09. The number of benzene rings is 2. The van der Waals surface area contributed by atoms with Gasteiger partial charge < -0.3 is 5.73 Å². The number of aromatic nitrogens is 2. The van der Waals surface area contributed by atoms with Gasteiger partial charge in [0.25, 0.3) is 5.56 Å². The maximum Gasteiger partial charge on any atom is 0.261 e. The molecule has 1 aromatic heterocycles. The van der Waals surface area contributed by atoms with E-state index in [2.05, 4.69) is 4.98 Å². The number of hydrogen-bond donors (Lipinski definition) is 1. The van der Waals surface area contributed by atoms with Crippen molar-refractivity contribution in [2.45, 2.75) is 13.1 Å². The Kier molecular flexibility index (Phi) is 3.50. The van der Waals surface area contributed by atoms with Crippen LogP contribution in [0.1, 0.15) is 11.1 Å². The Morgan fingerprint density at radius 1 is 1.19 bits per heavy atom. The summed E-state index contributed by atoms with van der Waals surface area (Å²) in [4.78, 5) is 16.6. The molecule has 1 heterocycles. The van der Waals surface area contributed by atoms with Crippen molar-refractivity contribution in [3.05, 3.63) is 76.1 Å². The minimum absolute atomic E-state index is 0.135. The molecule has 0 saturated heterocycles. The highest BCUT2D eigenvalue weighted by atomic mass is 19.1. The summed E-state index contributed by atoms with van der Waals surface area (Å²) in [5, 5.41) is 0.524. The summed E-state index contributed by atoms with van der Waals surface area (Å²) >= 11 is 0. The summed E-state index contributed by atoms with van der Waals surface area (Å²) in [7, 11) is 0. The average molecular weight is 283 g/mol. The van der Waals surface area contributed by atoms with Crippen LogP contribution in [0.15, 0.2) is 53.6 Å². The molecule has 0 amide bonds. The zero-order valence-electron chi connectivity index (χ0n) is 11.3. The number of halogens is 1. The Morgan fingerprint density at radius 3 is 2.81 bits per heavy atom. The first-order valence-corrected chi connectivity index (χ1v) is 6.60. The van der Waals surface area contributed by atoms with Gasteiger partial charge in [0.15, 0.2) is 0 Å². The number of nitrogens with zero attached hydrogens (tertiary/aromatic N) is 2. The maximum absolute atomic E-state index is 13.9. The topological polar surface area (TPSA) is 60.9 Å². The summed E-state index contributed by atoms with van der Waals surface area (Å²) in [6.07, 6.45) is 1.44. The molecular weight excluding hydrogens is 269 g/mol. The van der Waals surface area contributed by atoms with Gasteiger partial charge in [-0.3, -0.25) is 9.36 Å². The third-order valence-corrected chi connectivity index (χ3v) is 3.42. The highest BCUT2D eigenvalue weighted by molar-refractivity contribution is 5.76. The van der Waals surface area contributed by atoms with Crippen molar-refractivity contribution >= 4 is 10.9 Å². The second-order valence-corrected chi connectivity index (χ2v) is 4.82. The van der Waals surface area contributed by atoms with Gasteiger partial charge in [0.05, 0.1) is 23.8 Å². The van der Waals surface area contributed by atoms with E-state index < -0.39 is 0 Å². The monoisotopic (exact) mass is 283 g/mol. The van der Waals surface area contributed by atoms with E-state index in [4.69, 9.17) is 5.73 Å². The molecule has 2 N–H and O–H groups in total. The highest BCUT2D eigenvalue weighted by Crippen LogP contribution is 2.12. The van der Waals surface area contributed by atoms with Crippen LogP contribution in [0.4, 0.5) is 4.39 Å². The Labute approximate surface area is 120 Å². The van der Waals surface area contributed by atoms with Crippen LogP contribution < -0.4 is 11.3 Å². The van der Waals surface area contributed by atoms with Gasteiger partial charge in [-0.2, -0.15) is 0 Å². The minimum atomic E-state index is -0.354. The van der Waals surface area contributed by atoms with E-state index in [1.165, 1.54) is 17.0 Å². The van der Waals surface area contributed by atoms with E-state index in [1.807, 2.05) is 6.07 Å². The van der Waals surface area contributed by atoms with Crippen molar-refractivity contribution < 1.29 is 4.39 Å². The molecule has 0 fully saturated rings. The molecule has 0 bridgehead atoms. The first-order chi connectivity index (χ1) is 10.2. The molecule has 5 heteroatoms. The van der Waals surface area contributed by atoms with Crippen molar-refractivity contribution in [3.63, 3.8) is 0 Å². The van der Waals surface area contributed by atoms with E-state index in [9.17, 15) is 9.18 Å². The highest BCUT2D eigenvalue weighted by Gasteiger charge is 2.08. The van der Waals surface area contributed by atoms with E-state index in [1.54, 1.807) is 30.3 Å². The smallest absolute Gasteiger partial charge is 0.261 e. The molecule has 4 nitrogen and oxygen atoms in total. The van der Waals surface area contributed by atoms with Gasteiger partial charge in [-0.05, 0) is 29.8 Å². The number of fused-ring (bicyclic) bond motifs is 1. The number of rotatable bonds is 3. The second kappa shape index (κ2) is 5.46. The fourth-order valence-electron chi connectivity index (χ4n) is 2.28. The molecule has 3 rings (SSSR count). The molecule has 0 aliphatic heterocycles. The quantitative estimate of drug-likeness (QED) is 0.800. The number of nitrogens with two attached hydrogens (primary N) is 1. The van der Waals surface area contributed by atoms with E-state index >= 15 is 0 Å². The molecule has 106 valence electrons. The second-order valence-electron chi connectivity index (χ2n) is 4.82. The first-order valence-electron chi connectivity index (χ1n) is 6.60. The summed E-state index contributed by atoms with van der Waals surface area (Å²) in [6, 6.07) is 11.8. The van der Waals surface area contributed by atoms with Gasteiger partial charge in [-0.15, -0.1) is 0 Å². The fourth-order valence-corrected chi connectivity index (χ4v) is 2.28. The molecule has 0 saturated carbocycles. The Hall–Kier alpha value is -2.53. The molecule has 0 spiro atoms. The normalized spacial score (nSPS) is 11.0. The van der Waals surface area contributed by atoms with E-state index in [0.29, 0.717) is 23.0 Å². The fraction of sp³-hybridized carbons (Fsp3) is 0.125. The first kappa shape index (κ1) is 13.5. The lowest BCUT2D eigenvalue weighted by atomic mass is 10.1. The van der Waals surface area contributed by atoms with Gasteiger partial charge >= 0.3 is 0 Å². The van der Waals surface area contributed by atoms with Crippen molar-refractivity contribution in [1.29, 1.82) is 0 Å². The standard InChI is InChI=1S/C16H14FN3O/c17-14-6-5-11(8-18)7-12(14)9-20-10-19-15-4-2-1-3-13(15)16(20)21/h1-7,10H,8-9,18H2. The molecule has 0 unspecified atom stereocenters. The van der Waals surface area contributed by atoms with Crippen LogP contribution in [0.25, 0.3) is 10.9 Å². The summed E-state index contributed by atoms with van der Waals surface area (Å²) < 4.78 is 15.3. The van der Waals surface area contributed by atoms with Gasteiger partial charge in [-0.25, -0.2) is 9.37 Å². The van der Waals surface area contributed by atoms with E-state index in [-0.39, 0.29) is 17.9 Å². The summed E-state index contributed by atoms with van der Waals surface area (Å²) in [5.74, 6) is -0.354. The van der Waals surface area contributed by atoms with Crippen molar-refractivity contribution in [2.75, 3.05) is 0 Å². The summed E-state index contributed by atoms with van der Waals surface area (Å²) in [5.41, 5.74) is 7.27. The number of hydrogen-bond acceptors (Lipinski definition) is 3. The molecule has 3 aromatic rings. The lowest BCUT2D eigenvalue weighted by molar-refractivity contribution is 0.594. The van der Waals surface area contributed by atoms with Gasteiger partial charge in [0, 0.05) is 12.1 Å². The molecule has 21 heavy (non-hydrogen) atoms. The molecule has 0 radical (unpaired) electrons. The third-order valence-electron chi connectivity index (χ3n) is 3.42. The molecule has 0 aliphatic carbocycles. The van der Waals surface area contributed by atoms with Gasteiger partial charge in [0.2, 0.25) is 0 Å². The SMILES string of the molecule is NCc1ccc(F)c(Cn2cnc3ccccc3c2=O)c1. The Morgan fingerprint density at radius 2 is 2.00 bits per heavy atom. The van der Waals surface area contributed by atoms with Gasteiger partial charge in [-0.1, -0.05) is 18.2 Å². The predicted molar refractivity (Wildman–Crippen MR) is 79.4 cm³/mol. The minimum Gasteiger partial charge on any atom is -0.326 e. The lowest BCUT2D eigenvalue weighted by Crippen LogP contribution is -2.21. The average Bonchev–Trinajstić information content (AvgIpc) is 2.52. The zero-order valence-corrected chi connectivity index (χ0v) is 11.3. The summed E-state index contributed by atoms with van der Waals surface area (Å²) in [6.45, 7) is 0.467. The van der Waals surface area contributed by atoms with Gasteiger partial charge in [0.1, 0.15) is 5.82 Å². The van der Waals surface area contributed by atoms with Crippen LogP contribution >= 0.6 is 0 Å². The Balaban J connectivity index is 2.06. The van der Waals surface area contributed by atoms with Crippen LogP contribution in [-0.2, 0) is 13.1 Å². The molecule has 2 aromatic carbocycles. The largest absolute Gasteiger partial charge is 0.326 e. The van der Waals surface area contributed by atoms with Crippen LogP contribution in [0.3, 0.4) is 0 Å². The third kappa shape index (κ3) is 2.55. The zero-order chi connectivity index (χ0) is 14.8. The van der Waals surface area contributed by atoms with Crippen molar-refractivity contribution in [3.8, 4) is 0 Å². The maximum atomic E-state index is 13.9. The predicted octanol–water partition coefficient (Wildman–Crippen LogP) is 2.04. The van der Waals surface area contributed by atoms with E-state index in [0.717, 1.165) is 5.56 Å². The van der Waals surface area contributed by atoms with Crippen LogP contribution in [0, 0.1) is 5.82 Å². The van der Waals surface area contributed by atoms with Crippen molar-refractivity contribution in [1.82, 2.24) is 9.55 Å². The molecule has 0 atom stereocenters.